The van der Waals surface area contributed by atoms with E-state index in [1.54, 1.807) is 31.4 Å². The molecule has 0 saturated carbocycles. The number of urea groups is 1. The highest BCUT2D eigenvalue weighted by atomic mass is 16.5. The number of hydrogen-bond acceptors (Lipinski definition) is 4. The monoisotopic (exact) mass is 352 g/mol. The number of carbonyl (C=O) groups excluding carboxylic acids is 2. The number of carbonyl (C=O) groups is 2. The molecule has 3 amide bonds. The predicted molar refractivity (Wildman–Crippen MR) is 97.8 cm³/mol. The van der Waals surface area contributed by atoms with Gasteiger partial charge in [-0.25, -0.2) is 4.79 Å². The van der Waals surface area contributed by atoms with Gasteiger partial charge in [-0.1, -0.05) is 35.9 Å². The molecule has 1 N–H and O–H groups in total. The van der Waals surface area contributed by atoms with Crippen molar-refractivity contribution >= 4 is 18.0 Å². The molecule has 2 aromatic carbocycles. The maximum atomic E-state index is 11.9. The van der Waals surface area contributed by atoms with E-state index in [1.807, 2.05) is 25.1 Å². The Labute approximate surface area is 152 Å². The third-order valence-corrected chi connectivity index (χ3v) is 4.06. The van der Waals surface area contributed by atoms with E-state index in [4.69, 9.17) is 9.47 Å². The van der Waals surface area contributed by atoms with Gasteiger partial charge in [0.25, 0.3) is 5.91 Å². The number of methoxy groups -OCH3 is 1. The van der Waals surface area contributed by atoms with Gasteiger partial charge in [-0.05, 0) is 36.3 Å². The molecule has 0 aliphatic carbocycles. The number of nitrogens with zero attached hydrogens (tertiary/aromatic N) is 1. The Hall–Kier alpha value is -3.28. The van der Waals surface area contributed by atoms with Crippen LogP contribution in [0.2, 0.25) is 0 Å². The van der Waals surface area contributed by atoms with E-state index in [9.17, 15) is 9.59 Å². The van der Waals surface area contributed by atoms with Gasteiger partial charge in [-0.2, -0.15) is 0 Å². The van der Waals surface area contributed by atoms with Crippen LogP contribution in [-0.2, 0) is 11.4 Å². The highest BCUT2D eigenvalue weighted by molar-refractivity contribution is 6.13. The molecule has 1 aliphatic heterocycles. The minimum absolute atomic E-state index is 0.230. The van der Waals surface area contributed by atoms with Crippen molar-refractivity contribution in [2.24, 2.45) is 0 Å². The highest BCUT2D eigenvalue weighted by Crippen LogP contribution is 2.30. The Morgan fingerprint density at radius 1 is 1.12 bits per heavy atom. The number of aryl methyl sites for hydroxylation is 1. The van der Waals surface area contributed by atoms with Crippen molar-refractivity contribution in [3.05, 3.63) is 64.9 Å². The first kappa shape index (κ1) is 17.5. The van der Waals surface area contributed by atoms with Gasteiger partial charge < -0.3 is 14.8 Å². The van der Waals surface area contributed by atoms with Crippen LogP contribution in [0.1, 0.15) is 16.7 Å². The summed E-state index contributed by atoms with van der Waals surface area (Å²) < 4.78 is 11.3. The molecule has 6 heteroatoms. The number of hydrogen-bond donors (Lipinski definition) is 1. The third kappa shape index (κ3) is 3.69. The summed E-state index contributed by atoms with van der Waals surface area (Å²) in [4.78, 5) is 24.5. The minimum Gasteiger partial charge on any atom is -0.493 e. The lowest BCUT2D eigenvalue weighted by Gasteiger charge is -2.12. The molecule has 2 aromatic rings. The lowest BCUT2D eigenvalue weighted by Crippen LogP contribution is -2.25. The second-order valence-electron chi connectivity index (χ2n) is 6.04. The van der Waals surface area contributed by atoms with Crippen LogP contribution >= 0.6 is 0 Å². The molecular weight excluding hydrogens is 332 g/mol. The summed E-state index contributed by atoms with van der Waals surface area (Å²) >= 11 is 0. The Kier molecular flexibility index (Phi) is 4.93. The van der Waals surface area contributed by atoms with E-state index in [-0.39, 0.29) is 11.6 Å². The zero-order valence-corrected chi connectivity index (χ0v) is 14.9. The molecule has 134 valence electrons. The molecule has 3 rings (SSSR count). The van der Waals surface area contributed by atoms with Crippen LogP contribution in [0.15, 0.2) is 48.2 Å². The van der Waals surface area contributed by atoms with E-state index < -0.39 is 6.03 Å². The van der Waals surface area contributed by atoms with E-state index >= 15 is 0 Å². The summed E-state index contributed by atoms with van der Waals surface area (Å²) in [5.41, 5.74) is 3.20. The molecule has 0 atom stereocenters. The lowest BCUT2D eigenvalue weighted by molar-refractivity contribution is -0.121. The molecule has 0 aromatic heterocycles. The van der Waals surface area contributed by atoms with E-state index in [0.29, 0.717) is 18.1 Å². The van der Waals surface area contributed by atoms with Gasteiger partial charge in [0.1, 0.15) is 12.3 Å². The SMILES string of the molecule is COc1cc(/C=C2/NC(=O)N(C)C2=O)ccc1OCc1cccc(C)c1. The van der Waals surface area contributed by atoms with E-state index in [1.165, 1.54) is 12.6 Å². The molecule has 26 heavy (non-hydrogen) atoms. The summed E-state index contributed by atoms with van der Waals surface area (Å²) in [5.74, 6) is 0.793. The van der Waals surface area contributed by atoms with Gasteiger partial charge in [0.2, 0.25) is 0 Å². The molecule has 1 saturated heterocycles. The fourth-order valence-corrected chi connectivity index (χ4v) is 2.65. The predicted octanol–water partition coefficient (Wildman–Crippen LogP) is 3.11. The van der Waals surface area contributed by atoms with Crippen LogP contribution in [0.5, 0.6) is 11.5 Å². The first-order valence-electron chi connectivity index (χ1n) is 8.15. The largest absolute Gasteiger partial charge is 0.493 e. The second-order valence-corrected chi connectivity index (χ2v) is 6.04. The summed E-state index contributed by atoms with van der Waals surface area (Å²) in [5, 5.41) is 2.53. The number of nitrogens with one attached hydrogen (secondary N) is 1. The van der Waals surface area contributed by atoms with Gasteiger partial charge in [-0.15, -0.1) is 0 Å². The summed E-state index contributed by atoms with van der Waals surface area (Å²) in [6, 6.07) is 13.0. The molecule has 0 radical (unpaired) electrons. The first-order valence-corrected chi connectivity index (χ1v) is 8.15. The summed E-state index contributed by atoms with van der Waals surface area (Å²) in [7, 11) is 2.99. The maximum absolute atomic E-state index is 11.9. The topological polar surface area (TPSA) is 67.9 Å². The Morgan fingerprint density at radius 2 is 1.92 bits per heavy atom. The summed E-state index contributed by atoms with van der Waals surface area (Å²) in [6.45, 7) is 2.46. The molecule has 1 aliphatic rings. The van der Waals surface area contributed by atoms with Crippen LogP contribution in [0, 0.1) is 6.92 Å². The van der Waals surface area contributed by atoms with Crippen LogP contribution in [0.25, 0.3) is 6.08 Å². The van der Waals surface area contributed by atoms with Gasteiger partial charge in [0.15, 0.2) is 11.5 Å². The molecule has 0 spiro atoms. The van der Waals surface area contributed by atoms with Gasteiger partial charge in [-0.3, -0.25) is 9.69 Å². The average Bonchev–Trinajstić information content (AvgIpc) is 2.87. The normalized spacial score (nSPS) is 15.3. The zero-order chi connectivity index (χ0) is 18.7. The fourth-order valence-electron chi connectivity index (χ4n) is 2.65. The fraction of sp³-hybridized carbons (Fsp3) is 0.200. The zero-order valence-electron chi connectivity index (χ0n) is 14.9. The standard InChI is InChI=1S/C20H20N2O4/c1-13-5-4-6-15(9-13)12-26-17-8-7-14(11-18(17)25-3)10-16-19(23)22(2)20(24)21-16/h4-11H,12H2,1-3H3,(H,21,24)/b16-10+. The van der Waals surface area contributed by atoms with Crippen molar-refractivity contribution in [1.82, 2.24) is 10.2 Å². The lowest BCUT2D eigenvalue weighted by atomic mass is 10.1. The number of benzene rings is 2. The smallest absolute Gasteiger partial charge is 0.328 e. The van der Waals surface area contributed by atoms with Crippen molar-refractivity contribution in [2.45, 2.75) is 13.5 Å². The molecule has 0 unspecified atom stereocenters. The average molecular weight is 352 g/mol. The summed E-state index contributed by atoms with van der Waals surface area (Å²) in [6.07, 6.45) is 1.61. The van der Waals surface area contributed by atoms with Crippen LogP contribution < -0.4 is 14.8 Å². The number of rotatable bonds is 5. The van der Waals surface area contributed by atoms with Crippen molar-refractivity contribution in [2.75, 3.05) is 14.2 Å². The first-order chi connectivity index (χ1) is 12.5. The minimum atomic E-state index is -0.439. The van der Waals surface area contributed by atoms with E-state index in [2.05, 4.69) is 11.4 Å². The molecule has 1 fully saturated rings. The number of likely N-dealkylation sites (N-methyl/N-ethyl adjacent to an activating group) is 1. The molecule has 6 nitrogen and oxygen atoms in total. The van der Waals surface area contributed by atoms with Gasteiger partial charge in [0, 0.05) is 7.05 Å². The Bertz CT molecular complexity index is 889. The number of amides is 3. The highest BCUT2D eigenvalue weighted by Gasteiger charge is 2.29. The number of imide groups is 1. The van der Waals surface area contributed by atoms with E-state index in [0.717, 1.165) is 16.0 Å². The molecule has 0 bridgehead atoms. The quantitative estimate of drug-likeness (QED) is 0.663. The second kappa shape index (κ2) is 7.31. The Morgan fingerprint density at radius 3 is 2.58 bits per heavy atom. The van der Waals surface area contributed by atoms with Crippen molar-refractivity contribution in [3.8, 4) is 11.5 Å². The third-order valence-electron chi connectivity index (χ3n) is 4.06. The van der Waals surface area contributed by atoms with Gasteiger partial charge in [0.05, 0.1) is 7.11 Å². The van der Waals surface area contributed by atoms with Crippen molar-refractivity contribution in [1.29, 1.82) is 0 Å². The Balaban J connectivity index is 1.78. The van der Waals surface area contributed by atoms with Crippen LogP contribution in [0.4, 0.5) is 4.79 Å². The molecular formula is C20H20N2O4. The molecule has 1 heterocycles. The van der Waals surface area contributed by atoms with Crippen LogP contribution in [-0.4, -0.2) is 31.0 Å². The maximum Gasteiger partial charge on any atom is 0.328 e. The van der Waals surface area contributed by atoms with Gasteiger partial charge >= 0.3 is 6.03 Å². The number of ether oxygens (including phenoxy) is 2. The van der Waals surface area contributed by atoms with Crippen molar-refractivity contribution in [3.63, 3.8) is 0 Å². The van der Waals surface area contributed by atoms with Crippen LogP contribution in [0.3, 0.4) is 0 Å². The van der Waals surface area contributed by atoms with Crippen molar-refractivity contribution < 1.29 is 19.1 Å².